The molecule has 2 fully saturated rings. The van der Waals surface area contributed by atoms with Crippen LogP contribution in [0, 0.1) is 0 Å². The van der Waals surface area contributed by atoms with E-state index in [-0.39, 0.29) is 6.09 Å². The monoisotopic (exact) mass is 392 g/mol. The molecule has 2 aliphatic heterocycles. The van der Waals surface area contributed by atoms with E-state index in [1.807, 2.05) is 62.6 Å². The van der Waals surface area contributed by atoms with Crippen molar-refractivity contribution in [3.63, 3.8) is 0 Å². The van der Waals surface area contributed by atoms with Gasteiger partial charge in [0.2, 0.25) is 6.29 Å². The highest BCUT2D eigenvalue weighted by Crippen LogP contribution is 2.31. The number of cyclic esters (lactones) is 1. The van der Waals surface area contributed by atoms with Crippen LogP contribution < -0.4 is 9.80 Å². The van der Waals surface area contributed by atoms with Gasteiger partial charge in [-0.05, 0) is 49.7 Å². The highest BCUT2D eigenvalue weighted by Gasteiger charge is 2.39. The van der Waals surface area contributed by atoms with Gasteiger partial charge in [-0.1, -0.05) is 18.2 Å². The molecule has 2 aromatic carbocycles. The lowest BCUT2D eigenvalue weighted by Crippen LogP contribution is -2.46. The number of carbonyl (C=O) groups excluding carboxylic acids is 2. The number of benzene rings is 2. The zero-order valence-corrected chi connectivity index (χ0v) is 16.9. The summed E-state index contributed by atoms with van der Waals surface area (Å²) in [7, 11) is 0. The van der Waals surface area contributed by atoms with E-state index in [1.54, 1.807) is 4.90 Å². The standard InChI is InChI=1S/C23H26N3O3/c1-23(2)17-26(22(28)29-23)21-6-4-3-5-19(21)15-24-11-13-25(14-12-24)20-9-7-18(16-27)8-10-20/h3-10H,11-15,17H2,1-2H3. The molecule has 4 rings (SSSR count). The first kappa shape index (κ1) is 19.5. The first-order chi connectivity index (χ1) is 13.9. The van der Waals surface area contributed by atoms with Gasteiger partial charge in [-0.15, -0.1) is 0 Å². The van der Waals surface area contributed by atoms with Crippen LogP contribution in [0.25, 0.3) is 0 Å². The molecule has 1 radical (unpaired) electrons. The van der Waals surface area contributed by atoms with Gasteiger partial charge < -0.3 is 9.64 Å². The third kappa shape index (κ3) is 4.27. The maximum atomic E-state index is 12.3. The van der Waals surface area contributed by atoms with E-state index in [2.05, 4.69) is 15.9 Å². The van der Waals surface area contributed by atoms with Gasteiger partial charge in [0.1, 0.15) is 5.60 Å². The van der Waals surface area contributed by atoms with Crippen LogP contribution >= 0.6 is 0 Å². The van der Waals surface area contributed by atoms with E-state index in [4.69, 9.17) is 4.74 Å². The number of para-hydroxylation sites is 1. The van der Waals surface area contributed by atoms with Crippen LogP contribution in [0.3, 0.4) is 0 Å². The molecule has 2 aliphatic rings. The number of anilines is 2. The van der Waals surface area contributed by atoms with E-state index in [0.29, 0.717) is 12.1 Å². The van der Waals surface area contributed by atoms with Gasteiger partial charge in [0.15, 0.2) is 0 Å². The summed E-state index contributed by atoms with van der Waals surface area (Å²) in [6.45, 7) is 8.95. The first-order valence-electron chi connectivity index (χ1n) is 9.99. The van der Waals surface area contributed by atoms with Crippen LogP contribution in [0.2, 0.25) is 0 Å². The van der Waals surface area contributed by atoms with Gasteiger partial charge in [0.25, 0.3) is 0 Å². The predicted molar refractivity (Wildman–Crippen MR) is 113 cm³/mol. The van der Waals surface area contributed by atoms with Crippen molar-refractivity contribution in [1.82, 2.24) is 4.90 Å². The van der Waals surface area contributed by atoms with E-state index >= 15 is 0 Å². The second-order valence-electron chi connectivity index (χ2n) is 8.25. The lowest BCUT2D eigenvalue weighted by atomic mass is 10.1. The molecule has 6 nitrogen and oxygen atoms in total. The number of amides is 1. The van der Waals surface area contributed by atoms with Crippen LogP contribution in [0.4, 0.5) is 16.2 Å². The summed E-state index contributed by atoms with van der Waals surface area (Å²) in [4.78, 5) is 29.5. The third-order valence-corrected chi connectivity index (χ3v) is 5.52. The topological polar surface area (TPSA) is 53.1 Å². The Morgan fingerprint density at radius 3 is 2.31 bits per heavy atom. The fraction of sp³-hybridized carbons (Fsp3) is 0.391. The van der Waals surface area contributed by atoms with Crippen molar-refractivity contribution in [3.8, 4) is 0 Å². The van der Waals surface area contributed by atoms with Gasteiger partial charge in [-0.3, -0.25) is 14.6 Å². The van der Waals surface area contributed by atoms with Crippen molar-refractivity contribution in [3.05, 3.63) is 59.7 Å². The molecule has 0 aromatic heterocycles. The van der Waals surface area contributed by atoms with E-state index < -0.39 is 5.60 Å². The summed E-state index contributed by atoms with van der Waals surface area (Å²) in [5.41, 5.74) is 3.32. The molecule has 151 valence electrons. The van der Waals surface area contributed by atoms with Gasteiger partial charge in [0, 0.05) is 44.0 Å². The molecule has 0 atom stereocenters. The zero-order valence-electron chi connectivity index (χ0n) is 16.9. The van der Waals surface area contributed by atoms with Gasteiger partial charge in [-0.2, -0.15) is 0 Å². The fourth-order valence-electron chi connectivity index (χ4n) is 4.01. The quantitative estimate of drug-likeness (QED) is 0.782. The van der Waals surface area contributed by atoms with Crippen molar-refractivity contribution >= 4 is 23.8 Å². The molecule has 0 unspecified atom stereocenters. The minimum absolute atomic E-state index is 0.275. The second-order valence-corrected chi connectivity index (χ2v) is 8.25. The molecule has 0 N–H and O–H groups in total. The van der Waals surface area contributed by atoms with Crippen LogP contribution in [-0.2, 0) is 16.1 Å². The highest BCUT2D eigenvalue weighted by atomic mass is 16.6. The number of ether oxygens (including phenoxy) is 1. The Kier molecular flexibility index (Phi) is 5.28. The maximum absolute atomic E-state index is 12.3. The Morgan fingerprint density at radius 2 is 1.69 bits per heavy atom. The summed E-state index contributed by atoms with van der Waals surface area (Å²) in [6.07, 6.45) is 1.64. The maximum Gasteiger partial charge on any atom is 0.415 e. The SMILES string of the molecule is CC1(C)CN(c2ccccc2CN2CCN(c3ccc([C]=O)cc3)CC2)C(=O)O1. The van der Waals surface area contributed by atoms with Crippen molar-refractivity contribution in [2.45, 2.75) is 26.0 Å². The Labute approximate surface area is 171 Å². The van der Waals surface area contributed by atoms with Gasteiger partial charge in [0.05, 0.1) is 12.2 Å². The molecule has 29 heavy (non-hydrogen) atoms. The summed E-state index contributed by atoms with van der Waals surface area (Å²) in [5.74, 6) is 0. The molecule has 2 heterocycles. The number of carbonyl (C=O) groups is 1. The van der Waals surface area contributed by atoms with Gasteiger partial charge in [-0.25, -0.2) is 4.79 Å². The molecule has 0 spiro atoms. The smallest absolute Gasteiger partial charge is 0.415 e. The van der Waals surface area contributed by atoms with Crippen LogP contribution in [-0.4, -0.2) is 55.6 Å². The molecule has 0 saturated carbocycles. The normalized spacial score (nSPS) is 19.3. The Hall–Kier alpha value is -2.86. The number of hydrogen-bond acceptors (Lipinski definition) is 5. The van der Waals surface area contributed by atoms with Crippen LogP contribution in [0.1, 0.15) is 25.0 Å². The summed E-state index contributed by atoms with van der Waals surface area (Å²) < 4.78 is 5.48. The molecule has 2 aromatic rings. The number of nitrogens with zero attached hydrogens (tertiary/aromatic N) is 3. The van der Waals surface area contributed by atoms with E-state index in [1.165, 1.54) is 0 Å². The van der Waals surface area contributed by atoms with Crippen molar-refractivity contribution in [1.29, 1.82) is 0 Å². The lowest BCUT2D eigenvalue weighted by Gasteiger charge is -2.36. The molecule has 0 aliphatic carbocycles. The second kappa shape index (κ2) is 7.87. The Balaban J connectivity index is 1.41. The largest absolute Gasteiger partial charge is 0.441 e. The predicted octanol–water partition coefficient (Wildman–Crippen LogP) is 3.20. The van der Waals surface area contributed by atoms with Crippen LogP contribution in [0.15, 0.2) is 48.5 Å². The molecular weight excluding hydrogens is 366 g/mol. The highest BCUT2D eigenvalue weighted by molar-refractivity contribution is 5.91. The van der Waals surface area contributed by atoms with Crippen molar-refractivity contribution < 1.29 is 14.3 Å². The zero-order chi connectivity index (χ0) is 20.4. The average Bonchev–Trinajstić information content (AvgIpc) is 3.01. The Morgan fingerprint density at radius 1 is 1.00 bits per heavy atom. The summed E-state index contributed by atoms with van der Waals surface area (Å²) in [6, 6.07) is 15.7. The van der Waals surface area contributed by atoms with Crippen molar-refractivity contribution in [2.24, 2.45) is 0 Å². The lowest BCUT2D eigenvalue weighted by molar-refractivity contribution is 0.0871. The molecule has 6 heteroatoms. The summed E-state index contributed by atoms with van der Waals surface area (Å²) >= 11 is 0. The van der Waals surface area contributed by atoms with Crippen LogP contribution in [0.5, 0.6) is 0 Å². The minimum Gasteiger partial charge on any atom is -0.441 e. The first-order valence-corrected chi connectivity index (χ1v) is 9.99. The number of rotatable bonds is 5. The minimum atomic E-state index is -0.465. The molecular formula is C23H26N3O3. The van der Waals surface area contributed by atoms with E-state index in [9.17, 15) is 9.59 Å². The third-order valence-electron chi connectivity index (χ3n) is 5.52. The average molecular weight is 392 g/mol. The molecule has 1 amide bonds. The number of hydrogen-bond donors (Lipinski definition) is 0. The Bertz CT molecular complexity index is 886. The van der Waals surface area contributed by atoms with Crippen molar-refractivity contribution in [2.75, 3.05) is 42.5 Å². The fourth-order valence-corrected chi connectivity index (χ4v) is 4.01. The van der Waals surface area contributed by atoms with Gasteiger partial charge >= 0.3 is 6.09 Å². The molecule has 0 bridgehead atoms. The van der Waals surface area contributed by atoms with E-state index in [0.717, 1.165) is 49.7 Å². The summed E-state index contributed by atoms with van der Waals surface area (Å²) in [5, 5.41) is 0. The number of piperazine rings is 1. The molecule has 2 saturated heterocycles.